The maximum atomic E-state index is 12.4. The minimum absolute atomic E-state index is 0.284. The van der Waals surface area contributed by atoms with Crippen LogP contribution >= 0.6 is 23.2 Å². The predicted octanol–water partition coefficient (Wildman–Crippen LogP) is 1.71. The first-order chi connectivity index (χ1) is 14.7. The van der Waals surface area contributed by atoms with Crippen LogP contribution in [0.25, 0.3) is 0 Å². The molecule has 0 amide bonds. The molecule has 9 nitrogen and oxygen atoms in total. The van der Waals surface area contributed by atoms with Crippen LogP contribution in [0.3, 0.4) is 0 Å². The van der Waals surface area contributed by atoms with Crippen molar-refractivity contribution in [3.63, 3.8) is 0 Å². The number of carboxylic acid groups (broad SMARTS) is 1. The number of esters is 1. The minimum Gasteiger partial charge on any atom is -0.479 e. The van der Waals surface area contributed by atoms with Gasteiger partial charge in [0.2, 0.25) is 6.29 Å². The molecule has 11 heteroatoms. The van der Waals surface area contributed by atoms with Crippen molar-refractivity contribution in [1.29, 1.82) is 0 Å². The first-order valence-electron chi connectivity index (χ1n) is 9.10. The highest BCUT2D eigenvalue weighted by molar-refractivity contribution is 6.39. The molecule has 0 radical (unpaired) electrons. The number of rotatable bonds is 6. The third-order valence-electron chi connectivity index (χ3n) is 4.64. The average Bonchev–Trinajstić information content (AvgIpc) is 2.72. The van der Waals surface area contributed by atoms with Crippen molar-refractivity contribution >= 4 is 46.5 Å². The first kappa shape index (κ1) is 23.3. The third-order valence-corrected chi connectivity index (χ3v) is 5.27. The van der Waals surface area contributed by atoms with Gasteiger partial charge in [0, 0.05) is 5.69 Å². The molecule has 5 atom stereocenters. The molecule has 0 spiro atoms. The molecule has 1 saturated heterocycles. The Morgan fingerprint density at radius 1 is 0.968 bits per heavy atom. The summed E-state index contributed by atoms with van der Waals surface area (Å²) in [5.74, 6) is -2.44. The van der Waals surface area contributed by atoms with E-state index in [9.17, 15) is 24.9 Å². The SMILES string of the molecule is O=C(Cc1ccccc1Nc1c(Cl)cccc1Cl)OC1OC(C(=O)O)C(O)C(O)C1O. The van der Waals surface area contributed by atoms with E-state index >= 15 is 0 Å². The van der Waals surface area contributed by atoms with Gasteiger partial charge in [-0.05, 0) is 23.8 Å². The van der Waals surface area contributed by atoms with Gasteiger partial charge in [-0.3, -0.25) is 4.79 Å². The van der Waals surface area contributed by atoms with Crippen LogP contribution in [-0.4, -0.2) is 63.1 Å². The fourth-order valence-electron chi connectivity index (χ4n) is 3.02. The molecule has 0 aromatic heterocycles. The van der Waals surface area contributed by atoms with E-state index in [0.29, 0.717) is 27.0 Å². The number of benzene rings is 2. The molecule has 0 saturated carbocycles. The lowest BCUT2D eigenvalue weighted by atomic mass is 9.99. The van der Waals surface area contributed by atoms with E-state index in [0.717, 1.165) is 0 Å². The number of carboxylic acids is 1. The zero-order valence-electron chi connectivity index (χ0n) is 15.8. The fraction of sp³-hybridized carbons (Fsp3) is 0.300. The summed E-state index contributed by atoms with van der Waals surface area (Å²) in [5, 5.41) is 42.4. The second kappa shape index (κ2) is 9.82. The summed E-state index contributed by atoms with van der Waals surface area (Å²) in [6.45, 7) is 0. The Morgan fingerprint density at radius 2 is 1.61 bits per heavy atom. The summed E-state index contributed by atoms with van der Waals surface area (Å²) < 4.78 is 9.99. The van der Waals surface area contributed by atoms with Gasteiger partial charge in [-0.15, -0.1) is 0 Å². The van der Waals surface area contributed by atoms with Crippen LogP contribution < -0.4 is 5.32 Å². The number of hydrogen-bond acceptors (Lipinski definition) is 8. The van der Waals surface area contributed by atoms with E-state index in [1.807, 2.05) is 0 Å². The molecule has 0 bridgehead atoms. The van der Waals surface area contributed by atoms with Gasteiger partial charge in [-0.1, -0.05) is 47.5 Å². The summed E-state index contributed by atoms with van der Waals surface area (Å²) in [7, 11) is 0. The highest BCUT2D eigenvalue weighted by atomic mass is 35.5. The number of aliphatic hydroxyl groups is 3. The molecule has 2 aromatic carbocycles. The van der Waals surface area contributed by atoms with Crippen molar-refractivity contribution in [2.45, 2.75) is 37.1 Å². The topological polar surface area (TPSA) is 146 Å². The maximum Gasteiger partial charge on any atom is 0.335 e. The first-order valence-corrected chi connectivity index (χ1v) is 9.85. The van der Waals surface area contributed by atoms with Crippen LogP contribution in [-0.2, 0) is 25.5 Å². The Labute approximate surface area is 186 Å². The Balaban J connectivity index is 1.73. The van der Waals surface area contributed by atoms with Crippen LogP contribution in [0.2, 0.25) is 10.0 Å². The molecular formula is C20H19Cl2NO8. The molecule has 2 aromatic rings. The van der Waals surface area contributed by atoms with E-state index in [-0.39, 0.29) is 6.42 Å². The Morgan fingerprint density at radius 3 is 2.26 bits per heavy atom. The highest BCUT2D eigenvalue weighted by Gasteiger charge is 2.48. The van der Waals surface area contributed by atoms with E-state index in [1.165, 1.54) is 0 Å². The molecule has 1 aliphatic heterocycles. The number of halogens is 2. The molecule has 1 heterocycles. The van der Waals surface area contributed by atoms with Crippen molar-refractivity contribution in [1.82, 2.24) is 0 Å². The quantitative estimate of drug-likeness (QED) is 0.397. The number of hydrogen-bond donors (Lipinski definition) is 5. The second-order valence-corrected chi connectivity index (χ2v) is 7.59. The molecular weight excluding hydrogens is 453 g/mol. The van der Waals surface area contributed by atoms with Crippen molar-refractivity contribution in [2.75, 3.05) is 5.32 Å². The maximum absolute atomic E-state index is 12.4. The number of anilines is 2. The van der Waals surface area contributed by atoms with Crippen molar-refractivity contribution in [3.8, 4) is 0 Å². The van der Waals surface area contributed by atoms with Crippen LogP contribution in [0.4, 0.5) is 11.4 Å². The predicted molar refractivity (Wildman–Crippen MR) is 110 cm³/mol. The number of aliphatic carboxylic acids is 1. The van der Waals surface area contributed by atoms with Crippen LogP contribution in [0.5, 0.6) is 0 Å². The number of carbonyl (C=O) groups is 2. The number of para-hydroxylation sites is 2. The summed E-state index contributed by atoms with van der Waals surface area (Å²) in [5.41, 5.74) is 1.45. The Kier molecular flexibility index (Phi) is 7.37. The Hall–Kier alpha value is -2.40. The van der Waals surface area contributed by atoms with Gasteiger partial charge in [0.25, 0.3) is 0 Å². The largest absolute Gasteiger partial charge is 0.479 e. The highest BCUT2D eigenvalue weighted by Crippen LogP contribution is 2.34. The molecule has 1 aliphatic rings. The van der Waals surface area contributed by atoms with E-state index < -0.39 is 42.6 Å². The summed E-state index contributed by atoms with van der Waals surface area (Å²) >= 11 is 12.3. The number of carbonyl (C=O) groups excluding carboxylic acids is 1. The van der Waals surface area contributed by atoms with Crippen molar-refractivity contribution in [2.24, 2.45) is 0 Å². The monoisotopic (exact) mass is 471 g/mol. The normalized spacial score (nSPS) is 25.6. The minimum atomic E-state index is -1.88. The zero-order chi connectivity index (χ0) is 22.7. The van der Waals surface area contributed by atoms with E-state index in [2.05, 4.69) is 5.32 Å². The molecule has 5 N–H and O–H groups in total. The lowest BCUT2D eigenvalue weighted by Crippen LogP contribution is -2.60. The molecule has 0 aliphatic carbocycles. The standard InChI is InChI=1S/C20H19Cl2NO8/c21-10-5-3-6-11(22)14(10)23-12-7-2-1-4-9(12)8-13(24)30-20-17(27)15(25)16(26)18(31-20)19(28)29/h1-7,15-18,20,23,25-27H,8H2,(H,28,29). The Bertz CT molecular complexity index is 952. The molecule has 31 heavy (non-hydrogen) atoms. The zero-order valence-corrected chi connectivity index (χ0v) is 17.3. The number of ether oxygens (including phenoxy) is 2. The summed E-state index contributed by atoms with van der Waals surface area (Å²) in [4.78, 5) is 23.6. The summed E-state index contributed by atoms with van der Waals surface area (Å²) in [6, 6.07) is 11.7. The van der Waals surface area contributed by atoms with Crippen LogP contribution in [0, 0.1) is 0 Å². The number of aliphatic hydroxyl groups excluding tert-OH is 3. The second-order valence-electron chi connectivity index (χ2n) is 6.78. The molecule has 3 rings (SSSR count). The molecule has 166 valence electrons. The summed E-state index contributed by atoms with van der Waals surface area (Å²) in [6.07, 6.45) is -9.51. The van der Waals surface area contributed by atoms with E-state index in [4.69, 9.17) is 37.8 Å². The van der Waals surface area contributed by atoms with Crippen LogP contribution in [0.1, 0.15) is 5.56 Å². The van der Waals surface area contributed by atoms with E-state index in [1.54, 1.807) is 42.5 Å². The molecule has 5 unspecified atom stereocenters. The fourth-order valence-corrected chi connectivity index (χ4v) is 3.52. The van der Waals surface area contributed by atoms with Gasteiger partial charge in [-0.25, -0.2) is 4.79 Å². The smallest absolute Gasteiger partial charge is 0.335 e. The lowest BCUT2D eigenvalue weighted by Gasteiger charge is -2.37. The van der Waals surface area contributed by atoms with Gasteiger partial charge >= 0.3 is 11.9 Å². The van der Waals surface area contributed by atoms with Gasteiger partial charge in [0.1, 0.15) is 18.3 Å². The van der Waals surface area contributed by atoms with Gasteiger partial charge in [-0.2, -0.15) is 0 Å². The van der Waals surface area contributed by atoms with Gasteiger partial charge in [0.15, 0.2) is 6.10 Å². The lowest BCUT2D eigenvalue weighted by molar-refractivity contribution is -0.286. The van der Waals surface area contributed by atoms with Crippen LogP contribution in [0.15, 0.2) is 42.5 Å². The van der Waals surface area contributed by atoms with Crippen molar-refractivity contribution < 1.29 is 39.5 Å². The van der Waals surface area contributed by atoms with Gasteiger partial charge in [0.05, 0.1) is 22.2 Å². The van der Waals surface area contributed by atoms with Gasteiger partial charge < -0.3 is 35.2 Å². The molecule has 1 fully saturated rings. The average molecular weight is 472 g/mol. The van der Waals surface area contributed by atoms with Crippen molar-refractivity contribution in [3.05, 3.63) is 58.1 Å². The number of nitrogens with one attached hydrogen (secondary N) is 1. The third kappa shape index (κ3) is 5.27.